The maximum Gasteiger partial charge on any atom is 0.224 e. The number of carbonyl (C=O) groups is 1. The Bertz CT molecular complexity index is 576. The third-order valence-electron chi connectivity index (χ3n) is 3.33. The maximum absolute atomic E-state index is 11.9. The van der Waals surface area contributed by atoms with Crippen LogP contribution in [0.5, 0.6) is 5.75 Å². The molecule has 1 amide bonds. The highest BCUT2D eigenvalue weighted by Gasteiger charge is 2.05. The molecule has 0 bridgehead atoms. The van der Waals surface area contributed by atoms with E-state index in [0.717, 1.165) is 35.5 Å². The lowest BCUT2D eigenvalue weighted by Crippen LogP contribution is -2.26. The van der Waals surface area contributed by atoms with Gasteiger partial charge in [-0.3, -0.25) is 4.79 Å². The quantitative estimate of drug-likeness (QED) is 0.797. The zero-order chi connectivity index (χ0) is 15.1. The van der Waals surface area contributed by atoms with Crippen LogP contribution in [0.3, 0.4) is 0 Å². The molecule has 4 nitrogen and oxygen atoms in total. The number of methoxy groups -OCH3 is 1. The molecule has 1 N–H and O–H groups in total. The van der Waals surface area contributed by atoms with Gasteiger partial charge >= 0.3 is 0 Å². The fourth-order valence-corrected chi connectivity index (χ4v) is 2.24. The second-order valence-corrected chi connectivity index (χ2v) is 5.01. The Morgan fingerprint density at radius 2 is 2.19 bits per heavy atom. The molecule has 0 unspecified atom stereocenters. The summed E-state index contributed by atoms with van der Waals surface area (Å²) < 4.78 is 10.5. The van der Waals surface area contributed by atoms with E-state index in [9.17, 15) is 4.79 Å². The number of ether oxygens (including phenoxy) is 1. The highest BCUT2D eigenvalue weighted by Crippen LogP contribution is 2.18. The summed E-state index contributed by atoms with van der Waals surface area (Å²) in [4.78, 5) is 11.9. The summed E-state index contributed by atoms with van der Waals surface area (Å²) in [5.74, 6) is 1.84. The SMILES string of the molecule is COc1ccc(CC(=O)NCCCc2ccco2)cc1C. The van der Waals surface area contributed by atoms with Crippen molar-refractivity contribution in [2.45, 2.75) is 26.2 Å². The van der Waals surface area contributed by atoms with Gasteiger partial charge in [-0.2, -0.15) is 0 Å². The normalized spacial score (nSPS) is 10.4. The topological polar surface area (TPSA) is 51.5 Å². The fraction of sp³-hybridized carbons (Fsp3) is 0.353. The number of rotatable bonds is 7. The van der Waals surface area contributed by atoms with Crippen molar-refractivity contribution in [3.05, 3.63) is 53.5 Å². The number of aryl methyl sites for hydroxylation is 2. The first-order valence-corrected chi connectivity index (χ1v) is 7.11. The van der Waals surface area contributed by atoms with E-state index in [1.807, 2.05) is 37.3 Å². The molecule has 1 aromatic heterocycles. The number of carbonyl (C=O) groups excluding carboxylic acids is 1. The van der Waals surface area contributed by atoms with Crippen LogP contribution in [0.25, 0.3) is 0 Å². The van der Waals surface area contributed by atoms with Crippen molar-refractivity contribution in [1.82, 2.24) is 5.32 Å². The zero-order valence-corrected chi connectivity index (χ0v) is 12.5. The van der Waals surface area contributed by atoms with Crippen LogP contribution in [0.4, 0.5) is 0 Å². The monoisotopic (exact) mass is 287 g/mol. The van der Waals surface area contributed by atoms with Gasteiger partial charge in [0.1, 0.15) is 11.5 Å². The van der Waals surface area contributed by atoms with E-state index in [1.54, 1.807) is 13.4 Å². The minimum absolute atomic E-state index is 0.0408. The Morgan fingerprint density at radius 1 is 1.33 bits per heavy atom. The van der Waals surface area contributed by atoms with Gasteiger partial charge < -0.3 is 14.5 Å². The van der Waals surface area contributed by atoms with Crippen LogP contribution in [0.1, 0.15) is 23.3 Å². The third kappa shape index (κ3) is 4.67. The first-order chi connectivity index (χ1) is 10.2. The molecule has 0 saturated carbocycles. The predicted molar refractivity (Wildman–Crippen MR) is 81.5 cm³/mol. The molecule has 1 heterocycles. The van der Waals surface area contributed by atoms with Crippen LogP contribution in [-0.2, 0) is 17.6 Å². The van der Waals surface area contributed by atoms with E-state index in [2.05, 4.69) is 5.32 Å². The molecule has 0 radical (unpaired) electrons. The van der Waals surface area contributed by atoms with E-state index < -0.39 is 0 Å². The van der Waals surface area contributed by atoms with Crippen molar-refractivity contribution in [1.29, 1.82) is 0 Å². The highest BCUT2D eigenvalue weighted by atomic mass is 16.5. The molecule has 2 rings (SSSR count). The summed E-state index contributed by atoms with van der Waals surface area (Å²) >= 11 is 0. The van der Waals surface area contributed by atoms with E-state index in [-0.39, 0.29) is 5.91 Å². The van der Waals surface area contributed by atoms with Gasteiger partial charge in [0.15, 0.2) is 0 Å². The smallest absolute Gasteiger partial charge is 0.224 e. The van der Waals surface area contributed by atoms with Crippen molar-refractivity contribution in [2.75, 3.05) is 13.7 Å². The van der Waals surface area contributed by atoms with Crippen LogP contribution in [-0.4, -0.2) is 19.6 Å². The van der Waals surface area contributed by atoms with Gasteiger partial charge in [-0.1, -0.05) is 12.1 Å². The van der Waals surface area contributed by atoms with Crippen molar-refractivity contribution >= 4 is 5.91 Å². The van der Waals surface area contributed by atoms with Gasteiger partial charge in [-0.15, -0.1) is 0 Å². The largest absolute Gasteiger partial charge is 0.496 e. The van der Waals surface area contributed by atoms with Gasteiger partial charge in [0, 0.05) is 13.0 Å². The summed E-state index contributed by atoms with van der Waals surface area (Å²) in [5.41, 5.74) is 2.04. The zero-order valence-electron chi connectivity index (χ0n) is 12.5. The highest BCUT2D eigenvalue weighted by molar-refractivity contribution is 5.78. The van der Waals surface area contributed by atoms with Crippen LogP contribution in [0.15, 0.2) is 41.0 Å². The summed E-state index contributed by atoms with van der Waals surface area (Å²) in [6.45, 7) is 2.64. The van der Waals surface area contributed by atoms with Crippen LogP contribution in [0, 0.1) is 6.92 Å². The second kappa shape index (κ2) is 7.53. The van der Waals surface area contributed by atoms with E-state index in [1.165, 1.54) is 0 Å². The Morgan fingerprint density at radius 3 is 2.86 bits per heavy atom. The summed E-state index contributed by atoms with van der Waals surface area (Å²) in [6, 6.07) is 9.63. The lowest BCUT2D eigenvalue weighted by atomic mass is 10.1. The number of furan rings is 1. The molecular formula is C17H21NO3. The molecule has 0 atom stereocenters. The van der Waals surface area contributed by atoms with E-state index >= 15 is 0 Å². The van der Waals surface area contributed by atoms with Crippen LogP contribution >= 0.6 is 0 Å². The molecule has 21 heavy (non-hydrogen) atoms. The molecule has 0 fully saturated rings. The summed E-state index contributed by atoms with van der Waals surface area (Å²) in [6.07, 6.45) is 3.78. The predicted octanol–water partition coefficient (Wildman–Crippen LogP) is 2.89. The van der Waals surface area contributed by atoms with Gasteiger partial charge in [-0.25, -0.2) is 0 Å². The number of benzene rings is 1. The standard InChI is InChI=1S/C17H21NO3/c1-13-11-14(7-8-16(13)20-2)12-17(19)18-9-3-5-15-6-4-10-21-15/h4,6-8,10-11H,3,5,9,12H2,1-2H3,(H,18,19). The molecule has 2 aromatic rings. The summed E-state index contributed by atoms with van der Waals surface area (Å²) in [5, 5.41) is 2.93. The average Bonchev–Trinajstić information content (AvgIpc) is 2.97. The van der Waals surface area contributed by atoms with Gasteiger partial charge in [-0.05, 0) is 42.7 Å². The second-order valence-electron chi connectivity index (χ2n) is 5.01. The third-order valence-corrected chi connectivity index (χ3v) is 3.33. The molecule has 0 aliphatic heterocycles. The Kier molecular flexibility index (Phi) is 5.43. The lowest BCUT2D eigenvalue weighted by Gasteiger charge is -2.08. The Balaban J connectivity index is 1.72. The number of hydrogen-bond donors (Lipinski definition) is 1. The number of amides is 1. The first-order valence-electron chi connectivity index (χ1n) is 7.11. The van der Waals surface area contributed by atoms with Crippen molar-refractivity contribution < 1.29 is 13.9 Å². The number of hydrogen-bond acceptors (Lipinski definition) is 3. The van der Waals surface area contributed by atoms with Crippen molar-refractivity contribution in [2.24, 2.45) is 0 Å². The molecule has 4 heteroatoms. The maximum atomic E-state index is 11.9. The summed E-state index contributed by atoms with van der Waals surface area (Å²) in [7, 11) is 1.65. The first kappa shape index (κ1) is 15.2. The van der Waals surface area contributed by atoms with Crippen LogP contribution < -0.4 is 10.1 Å². The van der Waals surface area contributed by atoms with Crippen molar-refractivity contribution in [3.63, 3.8) is 0 Å². The van der Waals surface area contributed by atoms with Gasteiger partial charge in [0.05, 0.1) is 19.8 Å². The molecular weight excluding hydrogens is 266 g/mol. The molecule has 0 spiro atoms. The van der Waals surface area contributed by atoms with E-state index in [4.69, 9.17) is 9.15 Å². The minimum Gasteiger partial charge on any atom is -0.496 e. The number of nitrogens with one attached hydrogen (secondary N) is 1. The Labute approximate surface area is 125 Å². The molecule has 0 aliphatic carbocycles. The molecule has 0 aliphatic rings. The molecule has 112 valence electrons. The van der Waals surface area contributed by atoms with E-state index in [0.29, 0.717) is 13.0 Å². The van der Waals surface area contributed by atoms with Crippen molar-refractivity contribution in [3.8, 4) is 5.75 Å². The fourth-order valence-electron chi connectivity index (χ4n) is 2.24. The lowest BCUT2D eigenvalue weighted by molar-refractivity contribution is -0.120. The van der Waals surface area contributed by atoms with Crippen LogP contribution in [0.2, 0.25) is 0 Å². The Hall–Kier alpha value is -2.23. The average molecular weight is 287 g/mol. The van der Waals surface area contributed by atoms with Gasteiger partial charge in [0.2, 0.25) is 5.91 Å². The minimum atomic E-state index is 0.0408. The molecule has 0 saturated heterocycles. The van der Waals surface area contributed by atoms with Gasteiger partial charge in [0.25, 0.3) is 0 Å². The molecule has 1 aromatic carbocycles.